The number of hydrogen-bond acceptors (Lipinski definition) is 1. The van der Waals surface area contributed by atoms with Gasteiger partial charge in [0.25, 0.3) is 0 Å². The van der Waals surface area contributed by atoms with Gasteiger partial charge in [0, 0.05) is 12.0 Å². The van der Waals surface area contributed by atoms with E-state index in [-0.39, 0.29) is 0 Å². The summed E-state index contributed by atoms with van der Waals surface area (Å²) in [6.07, 6.45) is 1.41. The van der Waals surface area contributed by atoms with Crippen molar-refractivity contribution in [3.8, 4) is 0 Å². The van der Waals surface area contributed by atoms with Gasteiger partial charge in [-0.15, -0.1) is 0 Å². The summed E-state index contributed by atoms with van der Waals surface area (Å²) in [6, 6.07) is 10.9. The zero-order chi connectivity index (χ0) is 8.02. The lowest BCUT2D eigenvalue weighted by molar-refractivity contribution is 0.675. The van der Waals surface area contributed by atoms with Crippen LogP contribution in [-0.2, 0) is 5.41 Å². The summed E-state index contributed by atoms with van der Waals surface area (Å²) in [6.45, 7) is 2.43. The molecule has 1 aromatic carbocycles. The molecule has 1 heterocycles. The molecule has 62 valence electrons. The van der Waals surface area contributed by atoms with Gasteiger partial charge in [-0.05, 0) is 24.4 Å². The Labute approximate surface area is 72.8 Å². The molecule has 0 amide bonds. The first-order chi connectivity index (χ1) is 5.92. The van der Waals surface area contributed by atoms with Gasteiger partial charge in [0.1, 0.15) is 0 Å². The molecular weight excluding hydrogens is 146 g/mol. The SMILES string of the molecule is c1ccc([C@]23CNC[C@H]2C3)cc1. The van der Waals surface area contributed by atoms with Crippen LogP contribution in [0.4, 0.5) is 0 Å². The molecule has 1 N–H and O–H groups in total. The van der Waals surface area contributed by atoms with Gasteiger partial charge in [-0.3, -0.25) is 0 Å². The summed E-state index contributed by atoms with van der Waals surface area (Å²) in [5.74, 6) is 0.930. The summed E-state index contributed by atoms with van der Waals surface area (Å²) in [7, 11) is 0. The van der Waals surface area contributed by atoms with Gasteiger partial charge >= 0.3 is 0 Å². The van der Waals surface area contributed by atoms with E-state index in [0.717, 1.165) is 5.92 Å². The van der Waals surface area contributed by atoms with Crippen LogP contribution < -0.4 is 5.32 Å². The van der Waals surface area contributed by atoms with E-state index in [1.165, 1.54) is 19.5 Å². The molecule has 1 aliphatic heterocycles. The van der Waals surface area contributed by atoms with E-state index in [1.807, 2.05) is 0 Å². The molecule has 12 heavy (non-hydrogen) atoms. The summed E-state index contributed by atoms with van der Waals surface area (Å²) in [4.78, 5) is 0. The van der Waals surface area contributed by atoms with Gasteiger partial charge in [-0.2, -0.15) is 0 Å². The van der Waals surface area contributed by atoms with E-state index in [9.17, 15) is 0 Å². The van der Waals surface area contributed by atoms with Crippen LogP contribution >= 0.6 is 0 Å². The Morgan fingerprint density at radius 1 is 1.25 bits per heavy atom. The van der Waals surface area contributed by atoms with Crippen LogP contribution in [0.3, 0.4) is 0 Å². The van der Waals surface area contributed by atoms with Crippen molar-refractivity contribution in [3.63, 3.8) is 0 Å². The Morgan fingerprint density at radius 2 is 2.08 bits per heavy atom. The summed E-state index contributed by atoms with van der Waals surface area (Å²) in [5, 5.41) is 3.46. The molecule has 0 aromatic heterocycles. The molecule has 1 aliphatic carbocycles. The standard InChI is InChI=1S/C11H13N/c1-2-4-9(5-3-1)11-6-10(11)7-12-8-11/h1-5,10,12H,6-8H2/t10-,11+/m1/s1. The quantitative estimate of drug-likeness (QED) is 0.655. The minimum atomic E-state index is 0.543. The van der Waals surface area contributed by atoms with E-state index in [1.54, 1.807) is 5.56 Å². The molecule has 1 heteroatoms. The molecular formula is C11H13N. The average Bonchev–Trinajstić information content (AvgIpc) is 2.72. The third-order valence-corrected chi connectivity index (χ3v) is 3.41. The van der Waals surface area contributed by atoms with E-state index < -0.39 is 0 Å². The molecule has 0 spiro atoms. The lowest BCUT2D eigenvalue weighted by Crippen LogP contribution is -2.18. The molecule has 2 aliphatic rings. The molecule has 0 bridgehead atoms. The highest BCUT2D eigenvalue weighted by atomic mass is 15.0. The van der Waals surface area contributed by atoms with Crippen LogP contribution in [0.15, 0.2) is 30.3 Å². The van der Waals surface area contributed by atoms with Gasteiger partial charge in [0.2, 0.25) is 0 Å². The monoisotopic (exact) mass is 159 g/mol. The van der Waals surface area contributed by atoms with Crippen molar-refractivity contribution >= 4 is 0 Å². The van der Waals surface area contributed by atoms with Crippen molar-refractivity contribution < 1.29 is 0 Å². The number of rotatable bonds is 1. The highest BCUT2D eigenvalue weighted by Gasteiger charge is 2.57. The van der Waals surface area contributed by atoms with Gasteiger partial charge in [-0.25, -0.2) is 0 Å². The predicted molar refractivity (Wildman–Crippen MR) is 49.1 cm³/mol. The van der Waals surface area contributed by atoms with E-state index >= 15 is 0 Å². The van der Waals surface area contributed by atoms with Crippen LogP contribution in [0.25, 0.3) is 0 Å². The largest absolute Gasteiger partial charge is 0.316 e. The first-order valence-electron chi connectivity index (χ1n) is 4.68. The van der Waals surface area contributed by atoms with Crippen molar-refractivity contribution in [2.75, 3.05) is 13.1 Å². The summed E-state index contributed by atoms with van der Waals surface area (Å²) in [5.41, 5.74) is 2.08. The van der Waals surface area contributed by atoms with Crippen molar-refractivity contribution in [1.29, 1.82) is 0 Å². The Morgan fingerprint density at radius 3 is 2.67 bits per heavy atom. The topological polar surface area (TPSA) is 12.0 Å². The van der Waals surface area contributed by atoms with E-state index in [0.29, 0.717) is 5.41 Å². The Balaban J connectivity index is 2.00. The second-order valence-corrected chi connectivity index (χ2v) is 4.05. The molecule has 2 atom stereocenters. The zero-order valence-electron chi connectivity index (χ0n) is 7.09. The minimum Gasteiger partial charge on any atom is -0.316 e. The maximum atomic E-state index is 3.46. The molecule has 0 radical (unpaired) electrons. The first kappa shape index (κ1) is 6.67. The van der Waals surface area contributed by atoms with Crippen LogP contribution in [0.2, 0.25) is 0 Å². The molecule has 3 rings (SSSR count). The third-order valence-electron chi connectivity index (χ3n) is 3.41. The zero-order valence-corrected chi connectivity index (χ0v) is 7.09. The fraction of sp³-hybridized carbons (Fsp3) is 0.455. The molecule has 1 nitrogen and oxygen atoms in total. The molecule has 2 fully saturated rings. The number of nitrogens with one attached hydrogen (secondary N) is 1. The molecule has 1 saturated heterocycles. The number of piperidine rings is 1. The lowest BCUT2D eigenvalue weighted by Gasteiger charge is -2.10. The summed E-state index contributed by atoms with van der Waals surface area (Å²) >= 11 is 0. The molecule has 1 aromatic rings. The normalized spacial score (nSPS) is 37.8. The van der Waals surface area contributed by atoms with E-state index in [4.69, 9.17) is 0 Å². The fourth-order valence-electron chi connectivity index (χ4n) is 2.56. The predicted octanol–water partition coefficient (Wildman–Crippen LogP) is 1.55. The molecule has 1 saturated carbocycles. The van der Waals surface area contributed by atoms with Crippen LogP contribution in [0.5, 0.6) is 0 Å². The Hall–Kier alpha value is -0.820. The highest BCUT2D eigenvalue weighted by Crippen LogP contribution is 2.56. The van der Waals surface area contributed by atoms with Crippen molar-refractivity contribution in [1.82, 2.24) is 5.32 Å². The van der Waals surface area contributed by atoms with Gasteiger partial charge in [-0.1, -0.05) is 30.3 Å². The maximum absolute atomic E-state index is 3.46. The van der Waals surface area contributed by atoms with Gasteiger partial charge in [0.15, 0.2) is 0 Å². The number of benzene rings is 1. The number of fused-ring (bicyclic) bond motifs is 1. The van der Waals surface area contributed by atoms with Crippen molar-refractivity contribution in [3.05, 3.63) is 35.9 Å². The summed E-state index contributed by atoms with van der Waals surface area (Å²) < 4.78 is 0. The number of hydrogen-bond donors (Lipinski definition) is 1. The second kappa shape index (κ2) is 2.11. The van der Waals surface area contributed by atoms with Crippen LogP contribution in [0.1, 0.15) is 12.0 Å². The second-order valence-electron chi connectivity index (χ2n) is 4.05. The Bertz CT molecular complexity index is 293. The maximum Gasteiger partial charge on any atom is 0.0122 e. The Kier molecular flexibility index (Phi) is 1.17. The van der Waals surface area contributed by atoms with E-state index in [2.05, 4.69) is 35.6 Å². The van der Waals surface area contributed by atoms with Crippen molar-refractivity contribution in [2.45, 2.75) is 11.8 Å². The smallest absolute Gasteiger partial charge is 0.0122 e. The molecule has 0 unspecified atom stereocenters. The lowest BCUT2D eigenvalue weighted by atomic mass is 9.95. The fourth-order valence-corrected chi connectivity index (χ4v) is 2.56. The van der Waals surface area contributed by atoms with Crippen LogP contribution in [0, 0.1) is 5.92 Å². The highest BCUT2D eigenvalue weighted by molar-refractivity contribution is 5.36. The van der Waals surface area contributed by atoms with Gasteiger partial charge < -0.3 is 5.32 Å². The average molecular weight is 159 g/mol. The first-order valence-corrected chi connectivity index (χ1v) is 4.68. The van der Waals surface area contributed by atoms with Crippen molar-refractivity contribution in [2.24, 2.45) is 5.92 Å². The van der Waals surface area contributed by atoms with Gasteiger partial charge in [0.05, 0.1) is 0 Å². The van der Waals surface area contributed by atoms with Crippen LogP contribution in [-0.4, -0.2) is 13.1 Å². The third kappa shape index (κ3) is 0.721. The minimum absolute atomic E-state index is 0.543.